The molecule has 170 valence electrons. The zero-order valence-electron chi connectivity index (χ0n) is 18.6. The third kappa shape index (κ3) is 3.85. The number of rotatable bonds is 5. The molecule has 0 bridgehead atoms. The van der Waals surface area contributed by atoms with Gasteiger partial charge in [0, 0.05) is 57.2 Å². The molecule has 4 heterocycles. The fourth-order valence-corrected chi connectivity index (χ4v) is 6.09. The highest BCUT2D eigenvalue weighted by molar-refractivity contribution is 7.18. The van der Waals surface area contributed by atoms with E-state index < -0.39 is 0 Å². The Kier molecular flexibility index (Phi) is 5.79. The largest absolute Gasteiger partial charge is 0.495 e. The number of nitrogens with zero attached hydrogens (tertiary/aromatic N) is 4. The van der Waals surface area contributed by atoms with Crippen molar-refractivity contribution < 1.29 is 4.74 Å². The summed E-state index contributed by atoms with van der Waals surface area (Å²) in [5.41, 5.74) is 1.80. The molecule has 1 fully saturated rings. The third-order valence-corrected chi connectivity index (χ3v) is 7.74. The number of thiophene rings is 1. The topological polar surface area (TPSA) is 73.8 Å². The minimum absolute atomic E-state index is 0.140. The number of hydrogen-bond acceptors (Lipinski definition) is 7. The number of likely N-dealkylation sites (N-methyl/N-ethyl adjacent to an activating group) is 1. The Labute approximate surface area is 190 Å². The van der Waals surface area contributed by atoms with E-state index in [9.17, 15) is 9.59 Å². The van der Waals surface area contributed by atoms with Crippen LogP contribution in [0.2, 0.25) is 0 Å². The summed E-state index contributed by atoms with van der Waals surface area (Å²) in [4.78, 5) is 37.7. The molecule has 1 N–H and O–H groups in total. The number of aromatic amines is 1. The molecule has 0 saturated carbocycles. The zero-order valence-corrected chi connectivity index (χ0v) is 19.4. The minimum Gasteiger partial charge on any atom is -0.495 e. The maximum Gasteiger partial charge on any atom is 0.329 e. The fraction of sp³-hybridized carbons (Fsp3) is 0.478. The van der Waals surface area contributed by atoms with Gasteiger partial charge >= 0.3 is 5.69 Å². The van der Waals surface area contributed by atoms with Gasteiger partial charge in [-0.25, -0.2) is 4.79 Å². The molecule has 0 atom stereocenters. The molecule has 2 aliphatic heterocycles. The molecule has 0 spiro atoms. The summed E-state index contributed by atoms with van der Waals surface area (Å²) in [5, 5.41) is 0.721. The Balaban J connectivity index is 1.29. The number of benzene rings is 1. The normalized spacial score (nSPS) is 17.6. The van der Waals surface area contributed by atoms with Crippen molar-refractivity contribution in [2.45, 2.75) is 19.5 Å². The molecule has 2 aliphatic rings. The number of aromatic nitrogens is 2. The molecular weight excluding hydrogens is 426 g/mol. The predicted octanol–water partition coefficient (Wildman–Crippen LogP) is 1.57. The van der Waals surface area contributed by atoms with Crippen LogP contribution in [0.25, 0.3) is 10.2 Å². The van der Waals surface area contributed by atoms with Crippen LogP contribution in [0, 0.1) is 0 Å². The van der Waals surface area contributed by atoms with Crippen molar-refractivity contribution >= 4 is 27.2 Å². The average Bonchev–Trinajstić information content (AvgIpc) is 3.16. The summed E-state index contributed by atoms with van der Waals surface area (Å²) >= 11 is 1.55. The molecule has 1 aromatic carbocycles. The van der Waals surface area contributed by atoms with Gasteiger partial charge in [0.25, 0.3) is 5.56 Å². The van der Waals surface area contributed by atoms with E-state index in [1.807, 2.05) is 18.2 Å². The van der Waals surface area contributed by atoms with Crippen LogP contribution in [-0.2, 0) is 19.5 Å². The molecule has 2 aromatic heterocycles. The first-order chi connectivity index (χ1) is 15.5. The van der Waals surface area contributed by atoms with Crippen molar-refractivity contribution in [3.8, 4) is 5.75 Å². The first kappa shape index (κ1) is 21.2. The van der Waals surface area contributed by atoms with E-state index in [2.05, 4.69) is 32.8 Å². The summed E-state index contributed by atoms with van der Waals surface area (Å²) in [6.07, 6.45) is 0.859. The second kappa shape index (κ2) is 8.73. The van der Waals surface area contributed by atoms with Crippen LogP contribution in [-0.4, -0.2) is 72.8 Å². The summed E-state index contributed by atoms with van der Waals surface area (Å²) in [5.74, 6) is 0.887. The number of fused-ring (bicyclic) bond motifs is 3. The van der Waals surface area contributed by atoms with E-state index in [-0.39, 0.29) is 11.2 Å². The van der Waals surface area contributed by atoms with Gasteiger partial charge < -0.3 is 14.5 Å². The van der Waals surface area contributed by atoms with Crippen molar-refractivity contribution in [3.05, 3.63) is 55.5 Å². The Hall–Kier alpha value is -2.62. The van der Waals surface area contributed by atoms with E-state index in [1.165, 1.54) is 9.44 Å². The van der Waals surface area contributed by atoms with Crippen molar-refractivity contribution in [2.24, 2.45) is 0 Å². The standard InChI is InChI=1S/C23H29N5O3S/c1-25-8-7-16-19(15-25)32-21-20(16)22(29)28(23(30)24-21)14-11-26-9-12-27(13-10-26)17-5-3-4-6-18(17)31-2/h3-6H,7-15H2,1-2H3,(H,24,30). The first-order valence-electron chi connectivity index (χ1n) is 11.1. The van der Waals surface area contributed by atoms with E-state index in [4.69, 9.17) is 4.74 Å². The molecule has 0 aliphatic carbocycles. The quantitative estimate of drug-likeness (QED) is 0.630. The number of anilines is 1. The van der Waals surface area contributed by atoms with Gasteiger partial charge in [0.05, 0.1) is 18.2 Å². The third-order valence-electron chi connectivity index (χ3n) is 6.61. The summed E-state index contributed by atoms with van der Waals surface area (Å²) in [7, 11) is 3.78. The number of ether oxygens (including phenoxy) is 1. The van der Waals surface area contributed by atoms with Crippen LogP contribution in [0.1, 0.15) is 10.4 Å². The van der Waals surface area contributed by atoms with Gasteiger partial charge in [0.15, 0.2) is 0 Å². The van der Waals surface area contributed by atoms with Gasteiger partial charge in [-0.1, -0.05) is 12.1 Å². The van der Waals surface area contributed by atoms with Gasteiger partial charge in [0.2, 0.25) is 0 Å². The van der Waals surface area contributed by atoms with E-state index in [0.29, 0.717) is 13.1 Å². The lowest BCUT2D eigenvalue weighted by Gasteiger charge is -2.36. The molecule has 0 radical (unpaired) electrons. The summed E-state index contributed by atoms with van der Waals surface area (Å²) < 4.78 is 6.89. The Morgan fingerprint density at radius 3 is 2.62 bits per heavy atom. The van der Waals surface area contributed by atoms with Crippen LogP contribution in [0.5, 0.6) is 5.75 Å². The minimum atomic E-state index is -0.304. The van der Waals surface area contributed by atoms with Crippen LogP contribution < -0.4 is 20.9 Å². The zero-order chi connectivity index (χ0) is 22.2. The molecular formula is C23H29N5O3S. The highest BCUT2D eigenvalue weighted by Gasteiger charge is 2.24. The first-order valence-corrected chi connectivity index (χ1v) is 11.9. The molecule has 0 unspecified atom stereocenters. The van der Waals surface area contributed by atoms with Gasteiger partial charge in [-0.05, 0) is 31.2 Å². The smallest absolute Gasteiger partial charge is 0.329 e. The van der Waals surface area contributed by atoms with Gasteiger partial charge in [-0.3, -0.25) is 19.2 Å². The van der Waals surface area contributed by atoms with Crippen LogP contribution in [0.3, 0.4) is 0 Å². The SMILES string of the molecule is COc1ccccc1N1CCN(CCn2c(=O)[nH]c3sc4c(c3c2=O)CCN(C)C4)CC1. The second-order valence-corrected chi connectivity index (χ2v) is 9.69. The summed E-state index contributed by atoms with van der Waals surface area (Å²) in [6.45, 7) is 6.40. The lowest BCUT2D eigenvalue weighted by atomic mass is 10.1. The van der Waals surface area contributed by atoms with Gasteiger partial charge in [-0.2, -0.15) is 0 Å². The molecule has 9 heteroatoms. The second-order valence-electron chi connectivity index (χ2n) is 8.58. The molecule has 1 saturated heterocycles. The van der Waals surface area contributed by atoms with Crippen molar-refractivity contribution in [1.82, 2.24) is 19.4 Å². The van der Waals surface area contributed by atoms with E-state index in [0.717, 1.165) is 72.9 Å². The van der Waals surface area contributed by atoms with Crippen LogP contribution in [0.15, 0.2) is 33.9 Å². The maximum atomic E-state index is 13.2. The number of H-pyrrole nitrogens is 1. The Morgan fingerprint density at radius 1 is 1.06 bits per heavy atom. The maximum absolute atomic E-state index is 13.2. The number of piperazine rings is 1. The number of hydrogen-bond donors (Lipinski definition) is 1. The number of methoxy groups -OCH3 is 1. The van der Waals surface area contributed by atoms with Crippen LogP contribution >= 0.6 is 11.3 Å². The van der Waals surface area contributed by atoms with Crippen LogP contribution in [0.4, 0.5) is 5.69 Å². The molecule has 0 amide bonds. The highest BCUT2D eigenvalue weighted by atomic mass is 32.1. The van der Waals surface area contributed by atoms with Gasteiger partial charge in [0.1, 0.15) is 10.6 Å². The van der Waals surface area contributed by atoms with Crippen molar-refractivity contribution in [1.29, 1.82) is 0 Å². The molecule has 32 heavy (non-hydrogen) atoms. The lowest BCUT2D eigenvalue weighted by Crippen LogP contribution is -2.48. The fourth-order valence-electron chi connectivity index (χ4n) is 4.79. The average molecular weight is 456 g/mol. The molecule has 5 rings (SSSR count). The van der Waals surface area contributed by atoms with E-state index >= 15 is 0 Å². The van der Waals surface area contributed by atoms with Gasteiger partial charge in [-0.15, -0.1) is 11.3 Å². The predicted molar refractivity (Wildman–Crippen MR) is 128 cm³/mol. The lowest BCUT2D eigenvalue weighted by molar-refractivity contribution is 0.245. The van der Waals surface area contributed by atoms with Crippen molar-refractivity contribution in [3.63, 3.8) is 0 Å². The van der Waals surface area contributed by atoms with Crippen molar-refractivity contribution in [2.75, 3.05) is 58.3 Å². The Morgan fingerprint density at radius 2 is 1.84 bits per heavy atom. The number of nitrogens with one attached hydrogen (secondary N) is 1. The Bertz CT molecular complexity index is 1240. The summed E-state index contributed by atoms with van der Waals surface area (Å²) in [6, 6.07) is 8.08. The molecule has 3 aromatic rings. The van der Waals surface area contributed by atoms with E-state index in [1.54, 1.807) is 18.4 Å². The highest BCUT2D eigenvalue weighted by Crippen LogP contribution is 2.31. The molecule has 8 nitrogen and oxygen atoms in total. The monoisotopic (exact) mass is 455 g/mol. The number of para-hydroxylation sites is 2.